The van der Waals surface area contributed by atoms with Crippen molar-refractivity contribution in [3.8, 4) is 0 Å². The van der Waals surface area contributed by atoms with Gasteiger partial charge >= 0.3 is 0 Å². The predicted molar refractivity (Wildman–Crippen MR) is 61.3 cm³/mol. The summed E-state index contributed by atoms with van der Waals surface area (Å²) in [6.45, 7) is 4.66. The fraction of sp³-hybridized carbons (Fsp3) is 0.750. The summed E-state index contributed by atoms with van der Waals surface area (Å²) in [5.41, 5.74) is 0. The third-order valence-electron chi connectivity index (χ3n) is 1.92. The summed E-state index contributed by atoms with van der Waals surface area (Å²) in [4.78, 5) is 4.17. The van der Waals surface area contributed by atoms with Crippen LogP contribution in [0.15, 0.2) is 0 Å². The molecule has 0 saturated heterocycles. The Morgan fingerprint density at radius 1 is 1.64 bits per heavy atom. The number of nitrogens with one attached hydrogen (secondary N) is 1. The van der Waals surface area contributed by atoms with E-state index < -0.39 is 10.8 Å². The second kappa shape index (κ2) is 5.41. The maximum atomic E-state index is 11.0. The highest BCUT2D eigenvalue weighted by molar-refractivity contribution is 7.84. The average Bonchev–Trinajstić information content (AvgIpc) is 2.51. The normalized spacial score (nSPS) is 15.1. The van der Waals surface area contributed by atoms with Gasteiger partial charge in [-0.15, -0.1) is 0 Å². The first kappa shape index (κ1) is 11.6. The van der Waals surface area contributed by atoms with Gasteiger partial charge in [-0.25, -0.2) is 4.98 Å². The number of hydrogen-bond donors (Lipinski definition) is 1. The Bertz CT molecular complexity index is 313. The second-order valence-electron chi connectivity index (χ2n) is 3.17. The summed E-state index contributed by atoms with van der Waals surface area (Å²) in [7, 11) is -0.736. The molecule has 0 fully saturated rings. The van der Waals surface area contributed by atoms with Crippen molar-refractivity contribution in [1.82, 2.24) is 9.36 Å². The molecular weight excluding hydrogens is 218 g/mol. The van der Waals surface area contributed by atoms with E-state index in [0.717, 1.165) is 23.9 Å². The molecule has 1 heterocycles. The van der Waals surface area contributed by atoms with E-state index in [0.29, 0.717) is 0 Å². The Kier molecular flexibility index (Phi) is 4.47. The van der Waals surface area contributed by atoms with Crippen molar-refractivity contribution in [1.29, 1.82) is 0 Å². The van der Waals surface area contributed by atoms with E-state index >= 15 is 0 Å². The second-order valence-corrected chi connectivity index (χ2v) is 5.73. The molecular formula is C8H15N3OS2. The van der Waals surface area contributed by atoms with E-state index in [1.807, 2.05) is 13.8 Å². The molecule has 0 aromatic carbocycles. The molecule has 0 amide bonds. The average molecular weight is 233 g/mol. The maximum Gasteiger partial charge on any atom is 0.202 e. The van der Waals surface area contributed by atoms with Crippen LogP contribution in [0.5, 0.6) is 0 Å². The van der Waals surface area contributed by atoms with Gasteiger partial charge in [0.15, 0.2) is 0 Å². The molecule has 2 atom stereocenters. The van der Waals surface area contributed by atoms with Crippen LogP contribution >= 0.6 is 11.5 Å². The topological polar surface area (TPSA) is 54.9 Å². The number of aryl methyl sites for hydroxylation is 1. The first-order chi connectivity index (χ1) is 6.59. The lowest BCUT2D eigenvalue weighted by atomic mass is 10.3. The van der Waals surface area contributed by atoms with Gasteiger partial charge in [0.2, 0.25) is 5.13 Å². The van der Waals surface area contributed by atoms with Gasteiger partial charge in [0.05, 0.1) is 0 Å². The molecule has 0 aliphatic heterocycles. The van der Waals surface area contributed by atoms with E-state index in [2.05, 4.69) is 14.7 Å². The fourth-order valence-corrected chi connectivity index (χ4v) is 1.97. The SMILES string of the molecule is Cc1nsc(NCCC(C)S(C)=O)n1. The van der Waals surface area contributed by atoms with Crippen LogP contribution in [0.1, 0.15) is 19.2 Å². The van der Waals surface area contributed by atoms with Gasteiger partial charge in [0, 0.05) is 40.4 Å². The van der Waals surface area contributed by atoms with Gasteiger partial charge in [-0.2, -0.15) is 4.37 Å². The lowest BCUT2D eigenvalue weighted by molar-refractivity contribution is 0.672. The van der Waals surface area contributed by atoms with Gasteiger partial charge in [0.25, 0.3) is 0 Å². The molecule has 80 valence electrons. The molecule has 1 aromatic heterocycles. The Balaban J connectivity index is 2.25. The van der Waals surface area contributed by atoms with Crippen LogP contribution in [-0.4, -0.2) is 31.6 Å². The van der Waals surface area contributed by atoms with E-state index in [4.69, 9.17) is 0 Å². The smallest absolute Gasteiger partial charge is 0.202 e. The quantitative estimate of drug-likeness (QED) is 0.835. The zero-order valence-electron chi connectivity index (χ0n) is 8.61. The monoisotopic (exact) mass is 233 g/mol. The fourth-order valence-electron chi connectivity index (χ4n) is 0.917. The highest BCUT2D eigenvalue weighted by atomic mass is 32.2. The number of aromatic nitrogens is 2. The summed E-state index contributed by atoms with van der Waals surface area (Å²) in [6.07, 6.45) is 2.63. The summed E-state index contributed by atoms with van der Waals surface area (Å²) in [5.74, 6) is 0.796. The molecule has 1 aromatic rings. The Morgan fingerprint density at radius 2 is 2.36 bits per heavy atom. The van der Waals surface area contributed by atoms with Crippen molar-refractivity contribution < 1.29 is 4.21 Å². The zero-order valence-corrected chi connectivity index (χ0v) is 10.2. The van der Waals surface area contributed by atoms with Crippen LogP contribution in [0.3, 0.4) is 0 Å². The van der Waals surface area contributed by atoms with E-state index in [1.54, 1.807) is 6.26 Å². The molecule has 0 spiro atoms. The van der Waals surface area contributed by atoms with Crippen molar-refractivity contribution in [2.45, 2.75) is 25.5 Å². The highest BCUT2D eigenvalue weighted by Gasteiger charge is 2.06. The number of nitrogens with zero attached hydrogens (tertiary/aromatic N) is 2. The Hall–Kier alpha value is -0.490. The largest absolute Gasteiger partial charge is 0.360 e. The van der Waals surface area contributed by atoms with Crippen molar-refractivity contribution in [3.05, 3.63) is 5.82 Å². The van der Waals surface area contributed by atoms with Crippen LogP contribution in [0.25, 0.3) is 0 Å². The van der Waals surface area contributed by atoms with Gasteiger partial charge < -0.3 is 5.32 Å². The summed E-state index contributed by atoms with van der Waals surface area (Å²) in [6, 6.07) is 0. The Labute approximate surface area is 90.8 Å². The van der Waals surface area contributed by atoms with Gasteiger partial charge in [-0.05, 0) is 13.3 Å². The first-order valence-electron chi connectivity index (χ1n) is 4.46. The van der Waals surface area contributed by atoms with E-state index in [9.17, 15) is 4.21 Å². The number of anilines is 1. The minimum Gasteiger partial charge on any atom is -0.360 e. The molecule has 0 aliphatic carbocycles. The molecule has 14 heavy (non-hydrogen) atoms. The molecule has 6 heteroatoms. The number of rotatable bonds is 5. The summed E-state index contributed by atoms with van der Waals surface area (Å²) < 4.78 is 15.1. The van der Waals surface area contributed by atoms with Crippen molar-refractivity contribution in [2.24, 2.45) is 0 Å². The molecule has 0 bridgehead atoms. The van der Waals surface area contributed by atoms with Crippen LogP contribution < -0.4 is 5.32 Å². The van der Waals surface area contributed by atoms with E-state index in [1.165, 1.54) is 11.5 Å². The predicted octanol–water partition coefficient (Wildman–Crippen LogP) is 1.42. The molecule has 0 aliphatic rings. The highest BCUT2D eigenvalue weighted by Crippen LogP contribution is 2.10. The minimum absolute atomic E-state index is 0.233. The van der Waals surface area contributed by atoms with Gasteiger partial charge in [-0.3, -0.25) is 4.21 Å². The van der Waals surface area contributed by atoms with Crippen molar-refractivity contribution >= 4 is 27.5 Å². The van der Waals surface area contributed by atoms with Crippen LogP contribution in [-0.2, 0) is 10.8 Å². The Morgan fingerprint density at radius 3 is 2.86 bits per heavy atom. The summed E-state index contributed by atoms with van der Waals surface area (Å²) in [5, 5.41) is 4.24. The summed E-state index contributed by atoms with van der Waals surface area (Å²) >= 11 is 1.36. The standard InChI is InChI=1S/C8H15N3OS2/c1-6(14(3)12)4-5-9-8-10-7(2)11-13-8/h6H,4-5H2,1-3H3,(H,9,10,11). The lowest BCUT2D eigenvalue weighted by Crippen LogP contribution is -2.14. The minimum atomic E-state index is -0.736. The molecule has 2 unspecified atom stereocenters. The third kappa shape index (κ3) is 3.71. The van der Waals surface area contributed by atoms with Gasteiger partial charge in [0.1, 0.15) is 5.82 Å². The molecule has 0 radical (unpaired) electrons. The van der Waals surface area contributed by atoms with Crippen LogP contribution in [0, 0.1) is 6.92 Å². The van der Waals surface area contributed by atoms with Crippen molar-refractivity contribution in [3.63, 3.8) is 0 Å². The van der Waals surface area contributed by atoms with E-state index in [-0.39, 0.29) is 5.25 Å². The molecule has 0 saturated carbocycles. The maximum absolute atomic E-state index is 11.0. The van der Waals surface area contributed by atoms with Crippen molar-refractivity contribution in [2.75, 3.05) is 18.1 Å². The zero-order chi connectivity index (χ0) is 10.6. The van der Waals surface area contributed by atoms with Crippen LogP contribution in [0.2, 0.25) is 0 Å². The van der Waals surface area contributed by atoms with Crippen LogP contribution in [0.4, 0.5) is 5.13 Å². The lowest BCUT2D eigenvalue weighted by Gasteiger charge is -2.07. The molecule has 4 nitrogen and oxygen atoms in total. The first-order valence-corrected chi connectivity index (χ1v) is 6.85. The third-order valence-corrected chi connectivity index (χ3v) is 4.05. The molecule has 1 rings (SSSR count). The van der Waals surface area contributed by atoms with Gasteiger partial charge in [-0.1, -0.05) is 6.92 Å². The molecule has 1 N–H and O–H groups in total. The number of hydrogen-bond acceptors (Lipinski definition) is 5.